The molecule has 0 aliphatic heterocycles. The van der Waals surface area contributed by atoms with E-state index in [1.807, 2.05) is 20.8 Å². The van der Waals surface area contributed by atoms with Crippen LogP contribution in [0.3, 0.4) is 0 Å². The lowest BCUT2D eigenvalue weighted by Gasteiger charge is -2.47. The number of carbonyl (C=O) groups excluding carboxylic acids is 2. The van der Waals surface area contributed by atoms with E-state index in [-0.39, 0.29) is 31.1 Å². The van der Waals surface area contributed by atoms with Crippen LogP contribution in [0.15, 0.2) is 60.7 Å². The summed E-state index contributed by atoms with van der Waals surface area (Å²) in [6, 6.07) is 13.1. The van der Waals surface area contributed by atoms with Crippen molar-refractivity contribution in [3.8, 4) is 0 Å². The molecule has 2 aromatic rings. The monoisotopic (exact) mass is 646 g/mol. The molecule has 0 bridgehead atoms. The zero-order valence-electron chi connectivity index (χ0n) is 26.1. The van der Waals surface area contributed by atoms with Gasteiger partial charge in [-0.2, -0.15) is 26.3 Å². The summed E-state index contributed by atoms with van der Waals surface area (Å²) in [6.45, 7) is 7.16. The van der Waals surface area contributed by atoms with Gasteiger partial charge in [0.2, 0.25) is 0 Å². The summed E-state index contributed by atoms with van der Waals surface area (Å²) in [4.78, 5) is 26.2. The van der Waals surface area contributed by atoms with E-state index in [1.165, 1.54) is 43.3 Å². The lowest BCUT2D eigenvalue weighted by Crippen LogP contribution is -2.53. The first kappa shape index (κ1) is 36.3. The van der Waals surface area contributed by atoms with Crippen LogP contribution >= 0.6 is 0 Å². The number of carbonyl (C=O) groups is 2. The molecule has 0 amide bonds. The Morgan fingerprint density at radius 2 is 1.27 bits per heavy atom. The molecular formula is C33H40F6O6. The second-order valence-corrected chi connectivity index (χ2v) is 12.3. The van der Waals surface area contributed by atoms with Crippen molar-refractivity contribution >= 4 is 11.9 Å². The first-order chi connectivity index (χ1) is 20.9. The van der Waals surface area contributed by atoms with E-state index in [9.17, 15) is 35.9 Å². The zero-order valence-corrected chi connectivity index (χ0v) is 26.1. The predicted molar refractivity (Wildman–Crippen MR) is 153 cm³/mol. The normalized spacial score (nSPS) is 23.7. The minimum Gasteiger partial charge on any atom is -0.460 e. The van der Waals surface area contributed by atoms with E-state index >= 15 is 0 Å². The molecule has 3 rings (SSSR count). The van der Waals surface area contributed by atoms with Crippen molar-refractivity contribution in [2.75, 3.05) is 14.2 Å². The molecule has 1 saturated carbocycles. The number of ether oxygens (including phenoxy) is 4. The second kappa shape index (κ2) is 13.7. The molecule has 1 aliphatic rings. The largest absolute Gasteiger partial charge is 0.460 e. The highest BCUT2D eigenvalue weighted by atomic mass is 19.4. The van der Waals surface area contributed by atoms with E-state index in [0.29, 0.717) is 6.42 Å². The van der Waals surface area contributed by atoms with E-state index in [2.05, 4.69) is 0 Å². The van der Waals surface area contributed by atoms with Crippen LogP contribution in [0.5, 0.6) is 0 Å². The Morgan fingerprint density at radius 1 is 0.822 bits per heavy atom. The van der Waals surface area contributed by atoms with E-state index in [4.69, 9.17) is 18.9 Å². The van der Waals surface area contributed by atoms with Crippen molar-refractivity contribution in [1.82, 2.24) is 0 Å². The van der Waals surface area contributed by atoms with Gasteiger partial charge in [0.25, 0.3) is 11.2 Å². The van der Waals surface area contributed by atoms with Gasteiger partial charge in [-0.25, -0.2) is 9.59 Å². The van der Waals surface area contributed by atoms with Gasteiger partial charge in [-0.15, -0.1) is 0 Å². The van der Waals surface area contributed by atoms with E-state index < -0.39 is 64.2 Å². The van der Waals surface area contributed by atoms with Crippen molar-refractivity contribution < 1.29 is 54.9 Å². The van der Waals surface area contributed by atoms with Crippen LogP contribution in [0.4, 0.5) is 26.3 Å². The lowest BCUT2D eigenvalue weighted by atomic mass is 9.61. The van der Waals surface area contributed by atoms with Crippen LogP contribution in [0.25, 0.3) is 0 Å². The van der Waals surface area contributed by atoms with Gasteiger partial charge in [-0.05, 0) is 49.9 Å². The van der Waals surface area contributed by atoms with Crippen LogP contribution in [0.1, 0.15) is 64.5 Å². The number of methoxy groups -OCH3 is 2. The van der Waals surface area contributed by atoms with Gasteiger partial charge in [0, 0.05) is 25.3 Å². The van der Waals surface area contributed by atoms with Crippen LogP contribution in [-0.2, 0) is 39.7 Å². The summed E-state index contributed by atoms with van der Waals surface area (Å²) in [5.41, 5.74) is -7.95. The maximum Gasteiger partial charge on any atom is 0.432 e. The molecule has 6 nitrogen and oxygen atoms in total. The van der Waals surface area contributed by atoms with Crippen LogP contribution in [-0.4, -0.2) is 50.7 Å². The molecule has 1 aliphatic carbocycles. The first-order valence-electron chi connectivity index (χ1n) is 14.6. The highest BCUT2D eigenvalue weighted by Crippen LogP contribution is 2.49. The fourth-order valence-corrected chi connectivity index (χ4v) is 6.68. The van der Waals surface area contributed by atoms with Crippen molar-refractivity contribution in [3.05, 3.63) is 71.8 Å². The Bertz CT molecular complexity index is 1280. The molecule has 0 saturated heterocycles. The van der Waals surface area contributed by atoms with Gasteiger partial charge >= 0.3 is 24.3 Å². The number of alkyl halides is 6. The molecule has 12 heteroatoms. The first-order valence-corrected chi connectivity index (χ1v) is 14.6. The maximum atomic E-state index is 14.3. The lowest BCUT2D eigenvalue weighted by molar-refractivity contribution is -0.279. The van der Waals surface area contributed by atoms with E-state index in [1.54, 1.807) is 0 Å². The summed E-state index contributed by atoms with van der Waals surface area (Å²) in [5.74, 6) is -3.35. The van der Waals surface area contributed by atoms with Crippen LogP contribution < -0.4 is 0 Å². The van der Waals surface area contributed by atoms with Crippen LogP contribution in [0, 0.1) is 17.3 Å². The molecule has 45 heavy (non-hydrogen) atoms. The second-order valence-electron chi connectivity index (χ2n) is 12.3. The third-order valence-corrected chi connectivity index (χ3v) is 8.89. The molecule has 0 N–H and O–H groups in total. The van der Waals surface area contributed by atoms with E-state index in [0.717, 1.165) is 38.5 Å². The molecular weight excluding hydrogens is 606 g/mol. The maximum absolute atomic E-state index is 14.3. The topological polar surface area (TPSA) is 71.1 Å². The van der Waals surface area contributed by atoms with Gasteiger partial charge < -0.3 is 18.9 Å². The molecule has 2 aromatic carbocycles. The fraction of sp³-hybridized carbons (Fsp3) is 0.576. The highest BCUT2D eigenvalue weighted by Gasteiger charge is 2.65. The SMILES string of the molecule is CO[C@](C(=O)O[C@H]1C[C@@H](C)[C@H](CC[C@@H](C)OC(=O)[C@@](OC)(c2ccccc2)C(F)(F)F)C(C)(C)C1)(c1ccccc1)C(F)(F)F. The number of benzene rings is 2. The molecule has 250 valence electrons. The van der Waals surface area contributed by atoms with Gasteiger partial charge in [0.1, 0.15) is 6.10 Å². The third-order valence-electron chi connectivity index (χ3n) is 8.89. The quantitative estimate of drug-likeness (QED) is 0.183. The number of hydrogen-bond acceptors (Lipinski definition) is 6. The molecule has 0 radical (unpaired) electrons. The van der Waals surface area contributed by atoms with Gasteiger partial charge in [0.05, 0.1) is 6.10 Å². The third kappa shape index (κ3) is 7.16. The predicted octanol–water partition coefficient (Wildman–Crippen LogP) is 7.89. The Balaban J connectivity index is 1.71. The highest BCUT2D eigenvalue weighted by molar-refractivity contribution is 5.83. The summed E-state index contributed by atoms with van der Waals surface area (Å²) in [5, 5.41) is 0. The molecule has 0 unspecified atom stereocenters. The Kier molecular flexibility index (Phi) is 11.1. The Labute approximate surface area is 259 Å². The average Bonchev–Trinajstić information content (AvgIpc) is 2.93. The van der Waals surface area contributed by atoms with Gasteiger partial charge in [-0.3, -0.25) is 0 Å². The minimum absolute atomic E-state index is 0.0681. The van der Waals surface area contributed by atoms with Crippen molar-refractivity contribution in [3.63, 3.8) is 0 Å². The molecule has 0 spiro atoms. The molecule has 1 fully saturated rings. The van der Waals surface area contributed by atoms with Crippen molar-refractivity contribution in [2.24, 2.45) is 17.3 Å². The summed E-state index contributed by atoms with van der Waals surface area (Å²) < 4.78 is 106. The van der Waals surface area contributed by atoms with Crippen molar-refractivity contribution in [1.29, 1.82) is 0 Å². The summed E-state index contributed by atoms with van der Waals surface area (Å²) >= 11 is 0. The number of rotatable bonds is 11. The standard InChI is InChI=1S/C33H40F6O6/c1-21-19-25(45-28(41)31(43-6,33(37,38)39)24-15-11-8-12-16-24)20-29(3,4)26(21)18-17-22(2)44-27(40)30(42-5,32(34,35)36)23-13-9-7-10-14-23/h7-16,21-22,25-26H,17-20H2,1-6H3/t21-,22-,25+,26+,30+,31+/m1/s1. The van der Waals surface area contributed by atoms with Gasteiger partial charge in [-0.1, -0.05) is 81.4 Å². The number of hydrogen-bond donors (Lipinski definition) is 0. The van der Waals surface area contributed by atoms with Crippen LogP contribution in [0.2, 0.25) is 0 Å². The summed E-state index contributed by atoms with van der Waals surface area (Å²) in [7, 11) is 1.61. The smallest absolute Gasteiger partial charge is 0.432 e. The van der Waals surface area contributed by atoms with Gasteiger partial charge in [0.15, 0.2) is 0 Å². The molecule has 0 heterocycles. The Hall–Kier alpha value is -3.12. The fourth-order valence-electron chi connectivity index (χ4n) is 6.68. The zero-order chi connectivity index (χ0) is 33.8. The Morgan fingerprint density at radius 3 is 1.67 bits per heavy atom. The molecule has 0 aromatic heterocycles. The number of halogens is 6. The molecule has 6 atom stereocenters. The number of esters is 2. The average molecular weight is 647 g/mol. The minimum atomic E-state index is -5.10. The summed E-state index contributed by atoms with van der Waals surface area (Å²) in [6.07, 6.45) is -10.8. The van der Waals surface area contributed by atoms with Crippen molar-refractivity contribution in [2.45, 2.75) is 89.1 Å².